The molecule has 1 aromatic carbocycles. The molecule has 0 aliphatic heterocycles. The molecule has 19 heavy (non-hydrogen) atoms. The fourth-order valence-corrected chi connectivity index (χ4v) is 2.15. The molecule has 0 fully saturated rings. The van der Waals surface area contributed by atoms with Crippen LogP contribution in [0.5, 0.6) is 0 Å². The van der Waals surface area contributed by atoms with Gasteiger partial charge in [-0.15, -0.1) is 0 Å². The van der Waals surface area contributed by atoms with Crippen molar-refractivity contribution in [2.75, 3.05) is 7.11 Å². The molecule has 0 saturated carbocycles. The van der Waals surface area contributed by atoms with Gasteiger partial charge < -0.3 is 9.15 Å². The number of ether oxygens (including phenoxy) is 1. The van der Waals surface area contributed by atoms with E-state index in [-0.39, 0.29) is 0 Å². The number of esters is 1. The molecule has 0 radical (unpaired) electrons. The first-order chi connectivity index (χ1) is 9.11. The third kappa shape index (κ3) is 3.44. The summed E-state index contributed by atoms with van der Waals surface area (Å²) < 4.78 is 11.8. The Bertz CT molecular complexity index is 617. The number of benzene rings is 1. The first kappa shape index (κ1) is 14.3. The quantitative estimate of drug-likeness (QED) is 0.414. The number of para-hydroxylation sites is 1. The van der Waals surface area contributed by atoms with Crippen LogP contribution in [0.15, 0.2) is 44.2 Å². The summed E-state index contributed by atoms with van der Waals surface area (Å²) >= 11 is 5.43. The van der Waals surface area contributed by atoms with Gasteiger partial charge >= 0.3 is 5.97 Å². The summed E-state index contributed by atoms with van der Waals surface area (Å²) in [6.45, 7) is 0. The minimum absolute atomic E-state index is 0.414. The van der Waals surface area contributed by atoms with Gasteiger partial charge in [-0.25, -0.2) is 4.79 Å². The highest BCUT2D eigenvalue weighted by molar-refractivity contribution is 14.1. The van der Waals surface area contributed by atoms with Gasteiger partial charge in [0.1, 0.15) is 5.76 Å². The van der Waals surface area contributed by atoms with Crippen LogP contribution in [0.2, 0.25) is 0 Å². The van der Waals surface area contributed by atoms with Crippen molar-refractivity contribution < 1.29 is 13.9 Å². The van der Waals surface area contributed by atoms with E-state index in [4.69, 9.17) is 9.15 Å². The average Bonchev–Trinajstić information content (AvgIpc) is 2.75. The van der Waals surface area contributed by atoms with Gasteiger partial charge in [-0.2, -0.15) is 0 Å². The molecule has 0 saturated heterocycles. The lowest BCUT2D eigenvalue weighted by atomic mass is 10.2. The van der Waals surface area contributed by atoms with Crippen LogP contribution in [0.4, 0.5) is 5.69 Å². The largest absolute Gasteiger partial charge is 0.465 e. The molecule has 0 bridgehead atoms. The smallest absolute Gasteiger partial charge is 0.340 e. The molecule has 4 nitrogen and oxygen atoms in total. The molecule has 98 valence electrons. The number of halogens is 2. The lowest BCUT2D eigenvalue weighted by Crippen LogP contribution is -2.01. The summed E-state index contributed by atoms with van der Waals surface area (Å²) in [6.07, 6.45) is 1.56. The fraction of sp³-hybridized carbons (Fsp3) is 0.0769. The Balaban J connectivity index is 2.30. The van der Waals surface area contributed by atoms with Gasteiger partial charge in [0, 0.05) is 28.7 Å². The monoisotopic (exact) mass is 433 g/mol. The van der Waals surface area contributed by atoms with Crippen LogP contribution in [0.25, 0.3) is 0 Å². The van der Waals surface area contributed by atoms with Crippen LogP contribution < -0.4 is 0 Å². The number of rotatable bonds is 3. The second-order valence-electron chi connectivity index (χ2n) is 3.54. The van der Waals surface area contributed by atoms with Crippen molar-refractivity contribution >= 4 is 56.4 Å². The number of aliphatic imine (C=N–C) groups is 1. The lowest BCUT2D eigenvalue weighted by Gasteiger charge is -2.02. The number of nitrogens with zero attached hydrogens (tertiary/aromatic N) is 1. The van der Waals surface area contributed by atoms with Crippen molar-refractivity contribution in [1.29, 1.82) is 0 Å². The average molecular weight is 434 g/mol. The van der Waals surface area contributed by atoms with E-state index in [0.717, 1.165) is 8.24 Å². The zero-order valence-electron chi connectivity index (χ0n) is 9.89. The zero-order chi connectivity index (χ0) is 13.8. The summed E-state index contributed by atoms with van der Waals surface area (Å²) in [5, 5.41) is 0. The minimum atomic E-state index is -0.414. The Hall–Kier alpha value is -1.15. The fourth-order valence-electron chi connectivity index (χ4n) is 1.43. The zero-order valence-corrected chi connectivity index (χ0v) is 13.6. The predicted molar refractivity (Wildman–Crippen MR) is 84.2 cm³/mol. The second kappa shape index (κ2) is 6.33. The summed E-state index contributed by atoms with van der Waals surface area (Å²) in [6, 6.07) is 8.79. The first-order valence-electron chi connectivity index (χ1n) is 5.28. The number of hydrogen-bond donors (Lipinski definition) is 0. The van der Waals surface area contributed by atoms with Crippen LogP contribution in [0.1, 0.15) is 16.1 Å². The summed E-state index contributed by atoms with van der Waals surface area (Å²) in [4.78, 5) is 15.8. The van der Waals surface area contributed by atoms with Crippen LogP contribution >= 0.6 is 38.5 Å². The van der Waals surface area contributed by atoms with E-state index in [1.54, 1.807) is 30.5 Å². The lowest BCUT2D eigenvalue weighted by molar-refractivity contribution is 0.0601. The normalized spacial score (nSPS) is 10.9. The number of methoxy groups -OCH3 is 1. The van der Waals surface area contributed by atoms with Gasteiger partial charge in [-0.05, 0) is 28.1 Å². The Kier molecular flexibility index (Phi) is 4.76. The molecule has 0 aliphatic carbocycles. The molecule has 0 spiro atoms. The highest BCUT2D eigenvalue weighted by Gasteiger charge is 2.10. The number of furan rings is 1. The Morgan fingerprint density at radius 1 is 1.47 bits per heavy atom. The maximum Gasteiger partial charge on any atom is 0.340 e. The molecule has 0 aliphatic rings. The van der Waals surface area contributed by atoms with E-state index >= 15 is 0 Å². The van der Waals surface area contributed by atoms with Gasteiger partial charge in [0.25, 0.3) is 0 Å². The molecule has 0 unspecified atom stereocenters. The predicted octanol–water partition coefficient (Wildman–Crippen LogP) is 4.18. The maximum absolute atomic E-state index is 11.6. The third-order valence-corrected chi connectivity index (χ3v) is 4.44. The van der Waals surface area contributed by atoms with Gasteiger partial charge in [0.05, 0.1) is 29.0 Å². The van der Waals surface area contributed by atoms with E-state index in [1.165, 1.54) is 7.11 Å². The number of carbonyl (C=O) groups is 1. The van der Waals surface area contributed by atoms with E-state index in [9.17, 15) is 4.79 Å². The standard InChI is InChI=1S/C13H9BrINO3/c1-18-13(17)9-4-2-3-5-11(9)16-7-8-6-10(14)12(15)19-8/h2-7H,1H3. The molecule has 0 amide bonds. The van der Waals surface area contributed by atoms with Gasteiger partial charge in [-0.1, -0.05) is 12.1 Å². The number of hydrogen-bond acceptors (Lipinski definition) is 4. The molecule has 1 heterocycles. The molecule has 6 heteroatoms. The van der Waals surface area contributed by atoms with E-state index < -0.39 is 5.97 Å². The van der Waals surface area contributed by atoms with E-state index in [0.29, 0.717) is 17.0 Å². The van der Waals surface area contributed by atoms with Crippen molar-refractivity contribution in [3.63, 3.8) is 0 Å². The maximum atomic E-state index is 11.6. The molecular formula is C13H9BrINO3. The van der Waals surface area contributed by atoms with Crippen LogP contribution in [0.3, 0.4) is 0 Å². The van der Waals surface area contributed by atoms with Crippen molar-refractivity contribution in [3.8, 4) is 0 Å². The second-order valence-corrected chi connectivity index (χ2v) is 5.37. The molecule has 2 rings (SSSR count). The van der Waals surface area contributed by atoms with Crippen molar-refractivity contribution in [3.05, 3.63) is 49.9 Å². The highest BCUT2D eigenvalue weighted by Crippen LogP contribution is 2.23. The van der Waals surface area contributed by atoms with Gasteiger partial charge in [0.2, 0.25) is 0 Å². The van der Waals surface area contributed by atoms with Crippen LogP contribution in [-0.4, -0.2) is 19.3 Å². The molecule has 2 aromatic rings. The van der Waals surface area contributed by atoms with E-state index in [2.05, 4.69) is 43.5 Å². The van der Waals surface area contributed by atoms with Crippen LogP contribution in [-0.2, 0) is 4.74 Å². The Labute approximate surface area is 132 Å². The SMILES string of the molecule is COC(=O)c1ccccc1N=Cc1cc(Br)c(I)o1. The van der Waals surface area contributed by atoms with Crippen molar-refractivity contribution in [2.45, 2.75) is 0 Å². The molecular weight excluding hydrogens is 425 g/mol. The molecule has 0 atom stereocenters. The van der Waals surface area contributed by atoms with Crippen LogP contribution in [0, 0.1) is 3.77 Å². The topological polar surface area (TPSA) is 51.8 Å². The minimum Gasteiger partial charge on any atom is -0.465 e. The highest BCUT2D eigenvalue weighted by atomic mass is 127. The van der Waals surface area contributed by atoms with E-state index in [1.807, 2.05) is 6.07 Å². The summed E-state index contributed by atoms with van der Waals surface area (Å²) in [5.74, 6) is 0.193. The molecule has 1 aromatic heterocycles. The summed E-state index contributed by atoms with van der Waals surface area (Å²) in [7, 11) is 1.34. The first-order valence-corrected chi connectivity index (χ1v) is 7.15. The third-order valence-electron chi connectivity index (χ3n) is 2.30. The Morgan fingerprint density at radius 3 is 2.84 bits per heavy atom. The molecule has 0 N–H and O–H groups in total. The van der Waals surface area contributed by atoms with Gasteiger partial charge in [-0.3, -0.25) is 4.99 Å². The van der Waals surface area contributed by atoms with Crippen molar-refractivity contribution in [1.82, 2.24) is 0 Å². The number of carbonyl (C=O) groups excluding carboxylic acids is 1. The van der Waals surface area contributed by atoms with Gasteiger partial charge in [0.15, 0.2) is 3.77 Å². The Morgan fingerprint density at radius 2 is 2.21 bits per heavy atom. The summed E-state index contributed by atoms with van der Waals surface area (Å²) in [5.41, 5.74) is 0.957. The van der Waals surface area contributed by atoms with Crippen molar-refractivity contribution in [2.24, 2.45) is 4.99 Å².